The summed E-state index contributed by atoms with van der Waals surface area (Å²) >= 11 is 0. The van der Waals surface area contributed by atoms with Gasteiger partial charge in [-0.05, 0) is 43.2 Å². The van der Waals surface area contributed by atoms with Gasteiger partial charge >= 0.3 is 11.8 Å². The fraction of sp³-hybridized carbons (Fsp3) is 0.200. The zero-order valence-electron chi connectivity index (χ0n) is 19.0. The summed E-state index contributed by atoms with van der Waals surface area (Å²) in [5.41, 5.74) is 5.85. The molecule has 35 heavy (non-hydrogen) atoms. The molecule has 0 aromatic carbocycles. The molecule has 0 unspecified atom stereocenters. The number of nitrogens with one attached hydrogen (secondary N) is 1. The number of pyridine rings is 2. The van der Waals surface area contributed by atoms with Crippen molar-refractivity contribution in [3.63, 3.8) is 0 Å². The Kier molecular flexibility index (Phi) is 4.98. The number of aryl methyl sites for hydroxylation is 1. The highest BCUT2D eigenvalue weighted by Crippen LogP contribution is 2.34. The molecule has 0 bridgehead atoms. The highest BCUT2D eigenvalue weighted by atomic mass is 16.4. The predicted octanol–water partition coefficient (Wildman–Crippen LogP) is 3.33. The van der Waals surface area contributed by atoms with Gasteiger partial charge in [-0.3, -0.25) is 9.78 Å². The molecule has 1 atom stereocenters. The lowest BCUT2D eigenvalue weighted by atomic mass is 9.99. The number of amides is 1. The van der Waals surface area contributed by atoms with Gasteiger partial charge in [0, 0.05) is 30.6 Å². The Labute approximate surface area is 200 Å². The van der Waals surface area contributed by atoms with Crippen LogP contribution < -0.4 is 0 Å². The summed E-state index contributed by atoms with van der Waals surface area (Å²) in [6.07, 6.45) is 6.31. The van der Waals surface area contributed by atoms with Crippen molar-refractivity contribution in [2.45, 2.75) is 25.8 Å². The zero-order valence-corrected chi connectivity index (χ0v) is 19.0. The van der Waals surface area contributed by atoms with Crippen molar-refractivity contribution in [3.8, 4) is 11.6 Å². The topological polar surface area (TPSA) is 118 Å². The summed E-state index contributed by atoms with van der Waals surface area (Å²) in [6.45, 7) is 6.23. The van der Waals surface area contributed by atoms with Crippen LogP contribution in [0.3, 0.4) is 0 Å². The summed E-state index contributed by atoms with van der Waals surface area (Å²) in [4.78, 5) is 27.5. The standard InChI is InChI=1S/C25H22N8O2/c1-3-6-16-8-5-11-26-20(16)23-29-30-24(35-23)25(34)32-12-10-18-21(28-14-27-18)22(32)19-13-17-9-4-7-15(2)33(17)31-19/h3-5,7-9,11,13-14,22H,1,6,10,12H2,2H3,(H,27,28)/t22-/m1/s1. The van der Waals surface area contributed by atoms with Crippen LogP contribution in [0, 0.1) is 6.92 Å². The number of nitrogens with zero attached hydrogens (tertiary/aromatic N) is 7. The van der Waals surface area contributed by atoms with E-state index < -0.39 is 6.04 Å². The SMILES string of the molecule is C=CCc1cccnc1-c1nnc(C(=O)N2CCc3[nH]cnc3[C@H]2c2cc3cccc(C)n3n2)o1. The van der Waals surface area contributed by atoms with Gasteiger partial charge in [-0.25, -0.2) is 9.50 Å². The molecule has 174 valence electrons. The molecule has 10 heteroatoms. The van der Waals surface area contributed by atoms with E-state index in [2.05, 4.69) is 31.7 Å². The van der Waals surface area contributed by atoms with Gasteiger partial charge in [0.2, 0.25) is 0 Å². The number of H-pyrrole nitrogens is 1. The summed E-state index contributed by atoms with van der Waals surface area (Å²) in [5.74, 6) is -0.278. The molecule has 1 amide bonds. The van der Waals surface area contributed by atoms with Gasteiger partial charge in [-0.15, -0.1) is 16.8 Å². The van der Waals surface area contributed by atoms with Crippen molar-refractivity contribution in [2.24, 2.45) is 0 Å². The molecule has 0 spiro atoms. The molecule has 0 saturated heterocycles. The first-order valence-electron chi connectivity index (χ1n) is 11.3. The minimum absolute atomic E-state index is 0.0980. The van der Waals surface area contributed by atoms with E-state index in [9.17, 15) is 4.79 Å². The summed E-state index contributed by atoms with van der Waals surface area (Å²) in [6, 6.07) is 11.2. The van der Waals surface area contributed by atoms with Gasteiger partial charge in [-0.1, -0.05) is 18.2 Å². The first-order valence-corrected chi connectivity index (χ1v) is 11.3. The average Bonchev–Trinajstić information content (AvgIpc) is 3.63. The molecule has 0 aliphatic carbocycles. The number of hydrogen-bond acceptors (Lipinski definition) is 7. The van der Waals surface area contributed by atoms with Crippen LogP contribution in [0.15, 0.2) is 66.0 Å². The molecule has 10 nitrogen and oxygen atoms in total. The van der Waals surface area contributed by atoms with Crippen molar-refractivity contribution >= 4 is 11.4 Å². The fourth-order valence-electron chi connectivity index (χ4n) is 4.58. The Morgan fingerprint density at radius 2 is 2.17 bits per heavy atom. The fourth-order valence-corrected chi connectivity index (χ4v) is 4.58. The van der Waals surface area contributed by atoms with Crippen molar-refractivity contribution < 1.29 is 9.21 Å². The van der Waals surface area contributed by atoms with Crippen LogP contribution in [0.4, 0.5) is 0 Å². The molecule has 5 aromatic rings. The van der Waals surface area contributed by atoms with E-state index >= 15 is 0 Å². The second kappa shape index (κ2) is 8.32. The van der Waals surface area contributed by atoms with Gasteiger partial charge < -0.3 is 14.3 Å². The number of rotatable bonds is 5. The van der Waals surface area contributed by atoms with Crippen molar-refractivity contribution in [1.82, 2.24) is 39.7 Å². The second-order valence-corrected chi connectivity index (χ2v) is 8.41. The molecule has 5 aromatic heterocycles. The number of carbonyl (C=O) groups is 1. The maximum atomic E-state index is 13.7. The van der Waals surface area contributed by atoms with Gasteiger partial charge in [0.15, 0.2) is 0 Å². The molecular weight excluding hydrogens is 444 g/mol. The highest BCUT2D eigenvalue weighted by molar-refractivity contribution is 5.90. The van der Waals surface area contributed by atoms with Gasteiger partial charge in [-0.2, -0.15) is 5.10 Å². The van der Waals surface area contributed by atoms with Gasteiger partial charge in [0.25, 0.3) is 5.89 Å². The lowest BCUT2D eigenvalue weighted by molar-refractivity contribution is 0.0646. The summed E-state index contributed by atoms with van der Waals surface area (Å²) < 4.78 is 7.71. The largest absolute Gasteiger partial charge is 0.411 e. The molecule has 1 aliphatic rings. The molecular formula is C25H22N8O2. The van der Waals surface area contributed by atoms with E-state index in [0.29, 0.717) is 25.1 Å². The molecule has 1 aliphatic heterocycles. The number of hydrogen-bond donors (Lipinski definition) is 1. The molecule has 0 saturated carbocycles. The monoisotopic (exact) mass is 466 g/mol. The Bertz CT molecular complexity index is 1560. The molecule has 1 N–H and O–H groups in total. The molecule has 0 radical (unpaired) electrons. The first-order chi connectivity index (χ1) is 17.1. The third kappa shape index (κ3) is 3.50. The summed E-state index contributed by atoms with van der Waals surface area (Å²) in [5, 5.41) is 13.0. The number of aromatic amines is 1. The molecule has 0 fully saturated rings. The number of imidazole rings is 1. The number of allylic oxidation sites excluding steroid dienone is 1. The van der Waals surface area contributed by atoms with Crippen molar-refractivity contribution in [1.29, 1.82) is 0 Å². The number of aromatic nitrogens is 7. The lowest BCUT2D eigenvalue weighted by Gasteiger charge is -2.32. The highest BCUT2D eigenvalue weighted by Gasteiger charge is 2.38. The average molecular weight is 467 g/mol. The second-order valence-electron chi connectivity index (χ2n) is 8.41. The van der Waals surface area contributed by atoms with Gasteiger partial charge in [0.05, 0.1) is 23.2 Å². The maximum Gasteiger partial charge on any atom is 0.312 e. The molecule has 6 rings (SSSR count). The Morgan fingerprint density at radius 1 is 1.26 bits per heavy atom. The van der Waals surface area contributed by atoms with Crippen LogP contribution >= 0.6 is 0 Å². The minimum atomic E-state index is -0.488. The van der Waals surface area contributed by atoms with Crippen molar-refractivity contribution in [2.75, 3.05) is 6.54 Å². The smallest absolute Gasteiger partial charge is 0.312 e. The zero-order chi connectivity index (χ0) is 23.9. The van der Waals surface area contributed by atoms with Crippen LogP contribution in [0.1, 0.15) is 45.1 Å². The van der Waals surface area contributed by atoms with E-state index in [1.165, 1.54) is 0 Å². The summed E-state index contributed by atoms with van der Waals surface area (Å²) in [7, 11) is 0. The maximum absolute atomic E-state index is 13.7. The van der Waals surface area contributed by atoms with Crippen LogP contribution in [0.2, 0.25) is 0 Å². The third-order valence-electron chi connectivity index (χ3n) is 6.23. The van der Waals surface area contributed by atoms with E-state index in [-0.39, 0.29) is 17.7 Å². The van der Waals surface area contributed by atoms with E-state index in [4.69, 9.17) is 9.52 Å². The van der Waals surface area contributed by atoms with Crippen LogP contribution in [-0.4, -0.2) is 52.1 Å². The van der Waals surface area contributed by atoms with Gasteiger partial charge in [0.1, 0.15) is 11.7 Å². The Morgan fingerprint density at radius 3 is 3.03 bits per heavy atom. The van der Waals surface area contributed by atoms with Crippen LogP contribution in [-0.2, 0) is 12.8 Å². The minimum Gasteiger partial charge on any atom is -0.411 e. The molecule has 6 heterocycles. The Balaban J connectivity index is 1.39. The lowest BCUT2D eigenvalue weighted by Crippen LogP contribution is -2.41. The quantitative estimate of drug-likeness (QED) is 0.395. The van der Waals surface area contributed by atoms with Crippen molar-refractivity contribution in [3.05, 3.63) is 95.8 Å². The van der Waals surface area contributed by atoms with Crippen LogP contribution in [0.5, 0.6) is 0 Å². The third-order valence-corrected chi connectivity index (χ3v) is 6.23. The Hall–Kier alpha value is -4.60. The van der Waals surface area contributed by atoms with E-state index in [1.807, 2.05) is 47.8 Å². The van der Waals surface area contributed by atoms with Crippen LogP contribution in [0.25, 0.3) is 17.1 Å². The number of carbonyl (C=O) groups excluding carboxylic acids is 1. The normalized spacial score (nSPS) is 15.3. The van der Waals surface area contributed by atoms with E-state index in [0.717, 1.165) is 33.9 Å². The first kappa shape index (κ1) is 21.0. The van der Waals surface area contributed by atoms with E-state index in [1.54, 1.807) is 23.5 Å². The number of fused-ring (bicyclic) bond motifs is 2. The predicted molar refractivity (Wildman–Crippen MR) is 127 cm³/mol.